The number of aryl methyl sites for hydroxylation is 1. The fourth-order valence-corrected chi connectivity index (χ4v) is 3.22. The molecule has 3 aromatic rings. The summed E-state index contributed by atoms with van der Waals surface area (Å²) in [5.74, 6) is 0. The summed E-state index contributed by atoms with van der Waals surface area (Å²) in [6.45, 7) is 2.04. The van der Waals surface area contributed by atoms with Crippen molar-refractivity contribution in [1.82, 2.24) is 0 Å². The van der Waals surface area contributed by atoms with Crippen molar-refractivity contribution in [2.75, 3.05) is 0 Å². The fourth-order valence-electron chi connectivity index (χ4n) is 2.56. The van der Waals surface area contributed by atoms with Crippen molar-refractivity contribution in [3.8, 4) is 0 Å². The van der Waals surface area contributed by atoms with E-state index in [1.165, 1.54) is 10.8 Å². The molecular formula is C18H14Cl2. The van der Waals surface area contributed by atoms with Gasteiger partial charge in [-0.3, -0.25) is 0 Å². The third kappa shape index (κ3) is 2.42. The van der Waals surface area contributed by atoms with Crippen LogP contribution >= 0.6 is 23.2 Å². The molecule has 0 aliphatic rings. The Morgan fingerprint density at radius 1 is 0.850 bits per heavy atom. The molecule has 0 bridgehead atoms. The van der Waals surface area contributed by atoms with Gasteiger partial charge in [0, 0.05) is 5.02 Å². The first kappa shape index (κ1) is 13.5. The summed E-state index contributed by atoms with van der Waals surface area (Å²) in [7, 11) is 0. The quantitative estimate of drug-likeness (QED) is 0.499. The Bertz CT molecular complexity index is 757. The minimum absolute atomic E-state index is 0.168. The lowest BCUT2D eigenvalue weighted by Gasteiger charge is -2.16. The Morgan fingerprint density at radius 2 is 1.60 bits per heavy atom. The predicted octanol–water partition coefficient (Wildman–Crippen LogP) is 6.13. The smallest absolute Gasteiger partial charge is 0.0844 e. The van der Waals surface area contributed by atoms with Crippen molar-refractivity contribution < 1.29 is 0 Å². The van der Waals surface area contributed by atoms with Crippen molar-refractivity contribution in [3.05, 3.63) is 82.4 Å². The van der Waals surface area contributed by atoms with Gasteiger partial charge in [-0.15, -0.1) is 11.6 Å². The average Bonchev–Trinajstić information content (AvgIpc) is 2.46. The number of rotatable bonds is 2. The summed E-state index contributed by atoms with van der Waals surface area (Å²) in [6.07, 6.45) is 0. The Labute approximate surface area is 129 Å². The lowest BCUT2D eigenvalue weighted by atomic mass is 9.96. The largest absolute Gasteiger partial charge is 0.113 e. The van der Waals surface area contributed by atoms with Crippen LogP contribution in [0.4, 0.5) is 0 Å². The molecule has 20 heavy (non-hydrogen) atoms. The van der Waals surface area contributed by atoms with Gasteiger partial charge < -0.3 is 0 Å². The highest BCUT2D eigenvalue weighted by molar-refractivity contribution is 6.30. The summed E-state index contributed by atoms with van der Waals surface area (Å²) in [5.41, 5.74) is 3.35. The number of hydrogen-bond donors (Lipinski definition) is 0. The van der Waals surface area contributed by atoms with E-state index >= 15 is 0 Å². The van der Waals surface area contributed by atoms with Crippen LogP contribution in [0, 0.1) is 6.92 Å². The molecular weight excluding hydrogens is 287 g/mol. The van der Waals surface area contributed by atoms with E-state index in [2.05, 4.69) is 30.3 Å². The van der Waals surface area contributed by atoms with Gasteiger partial charge in [-0.25, -0.2) is 0 Å². The van der Waals surface area contributed by atoms with Crippen LogP contribution in [0.5, 0.6) is 0 Å². The van der Waals surface area contributed by atoms with Gasteiger partial charge in [-0.05, 0) is 46.5 Å². The number of halogens is 2. The number of fused-ring (bicyclic) bond motifs is 1. The molecule has 2 heteroatoms. The topological polar surface area (TPSA) is 0 Å². The van der Waals surface area contributed by atoms with Gasteiger partial charge in [0.1, 0.15) is 0 Å². The maximum atomic E-state index is 6.73. The maximum absolute atomic E-state index is 6.73. The molecule has 0 saturated carbocycles. The van der Waals surface area contributed by atoms with Crippen LogP contribution in [0.2, 0.25) is 5.02 Å². The Hall–Kier alpha value is -1.50. The van der Waals surface area contributed by atoms with E-state index in [0.29, 0.717) is 0 Å². The van der Waals surface area contributed by atoms with E-state index in [0.717, 1.165) is 21.7 Å². The molecule has 1 atom stereocenters. The summed E-state index contributed by atoms with van der Waals surface area (Å²) >= 11 is 12.7. The van der Waals surface area contributed by atoms with Crippen molar-refractivity contribution >= 4 is 34.0 Å². The van der Waals surface area contributed by atoms with E-state index in [-0.39, 0.29) is 5.38 Å². The predicted molar refractivity (Wildman–Crippen MR) is 87.8 cm³/mol. The zero-order valence-corrected chi connectivity index (χ0v) is 12.6. The Morgan fingerprint density at radius 3 is 2.40 bits per heavy atom. The average molecular weight is 301 g/mol. The van der Waals surface area contributed by atoms with E-state index in [1.807, 2.05) is 37.3 Å². The molecule has 1 unspecified atom stereocenters. The molecule has 3 rings (SSSR count). The standard InChI is InChI=1S/C18H14Cl2/c1-12-11-14(19)9-10-15(12)18(20)17-8-4-6-13-5-2-3-7-16(13)17/h2-11,18H,1H3. The highest BCUT2D eigenvalue weighted by Gasteiger charge is 2.15. The molecule has 0 heterocycles. The molecule has 0 aliphatic heterocycles. The van der Waals surface area contributed by atoms with Crippen LogP contribution in [0.25, 0.3) is 10.8 Å². The molecule has 3 aromatic carbocycles. The molecule has 0 N–H and O–H groups in total. The Kier molecular flexibility index (Phi) is 3.69. The number of hydrogen-bond acceptors (Lipinski definition) is 0. The first-order valence-corrected chi connectivity index (χ1v) is 7.36. The van der Waals surface area contributed by atoms with Crippen molar-refractivity contribution in [2.24, 2.45) is 0 Å². The molecule has 0 radical (unpaired) electrons. The van der Waals surface area contributed by atoms with Crippen LogP contribution in [-0.4, -0.2) is 0 Å². The summed E-state index contributed by atoms with van der Waals surface area (Å²) in [4.78, 5) is 0. The van der Waals surface area contributed by atoms with Crippen LogP contribution < -0.4 is 0 Å². The summed E-state index contributed by atoms with van der Waals surface area (Å²) in [6, 6.07) is 20.4. The van der Waals surface area contributed by atoms with Gasteiger partial charge in [0.15, 0.2) is 0 Å². The number of benzene rings is 3. The minimum Gasteiger partial charge on any atom is -0.113 e. The van der Waals surface area contributed by atoms with Gasteiger partial charge in [0.2, 0.25) is 0 Å². The van der Waals surface area contributed by atoms with Crippen LogP contribution in [-0.2, 0) is 0 Å². The molecule has 0 aliphatic carbocycles. The molecule has 0 fully saturated rings. The van der Waals surface area contributed by atoms with Gasteiger partial charge in [0.25, 0.3) is 0 Å². The fraction of sp³-hybridized carbons (Fsp3) is 0.111. The zero-order valence-electron chi connectivity index (χ0n) is 11.1. The second-order valence-electron chi connectivity index (χ2n) is 4.93. The van der Waals surface area contributed by atoms with E-state index in [1.54, 1.807) is 0 Å². The normalized spacial score (nSPS) is 12.6. The molecule has 0 saturated heterocycles. The molecule has 100 valence electrons. The SMILES string of the molecule is Cc1cc(Cl)ccc1C(Cl)c1cccc2ccccc12. The van der Waals surface area contributed by atoms with Gasteiger partial charge in [-0.2, -0.15) is 0 Å². The van der Waals surface area contributed by atoms with Crippen molar-refractivity contribution in [1.29, 1.82) is 0 Å². The monoisotopic (exact) mass is 300 g/mol. The first-order valence-electron chi connectivity index (χ1n) is 6.54. The molecule has 0 nitrogen and oxygen atoms in total. The first-order chi connectivity index (χ1) is 9.66. The third-order valence-corrected chi connectivity index (χ3v) is 4.31. The second-order valence-corrected chi connectivity index (χ2v) is 5.80. The van der Waals surface area contributed by atoms with Crippen LogP contribution in [0.1, 0.15) is 22.1 Å². The lowest BCUT2D eigenvalue weighted by Crippen LogP contribution is -1.97. The van der Waals surface area contributed by atoms with Gasteiger partial charge in [0.05, 0.1) is 5.38 Å². The molecule has 0 spiro atoms. The lowest BCUT2D eigenvalue weighted by molar-refractivity contribution is 1.13. The minimum atomic E-state index is -0.168. The maximum Gasteiger partial charge on any atom is 0.0844 e. The van der Waals surface area contributed by atoms with Crippen LogP contribution in [0.3, 0.4) is 0 Å². The second kappa shape index (κ2) is 5.47. The molecule has 0 amide bonds. The van der Waals surface area contributed by atoms with E-state index < -0.39 is 0 Å². The third-order valence-electron chi connectivity index (χ3n) is 3.60. The van der Waals surface area contributed by atoms with Gasteiger partial charge >= 0.3 is 0 Å². The van der Waals surface area contributed by atoms with E-state index in [4.69, 9.17) is 23.2 Å². The van der Waals surface area contributed by atoms with Crippen molar-refractivity contribution in [2.45, 2.75) is 12.3 Å². The van der Waals surface area contributed by atoms with Crippen LogP contribution in [0.15, 0.2) is 60.7 Å². The molecule has 0 aromatic heterocycles. The van der Waals surface area contributed by atoms with Gasteiger partial charge in [-0.1, -0.05) is 60.1 Å². The van der Waals surface area contributed by atoms with Crippen molar-refractivity contribution in [3.63, 3.8) is 0 Å². The highest BCUT2D eigenvalue weighted by atomic mass is 35.5. The summed E-state index contributed by atoms with van der Waals surface area (Å²) < 4.78 is 0. The summed E-state index contributed by atoms with van der Waals surface area (Å²) in [5, 5.41) is 2.98. The number of alkyl halides is 1. The van der Waals surface area contributed by atoms with E-state index in [9.17, 15) is 0 Å². The Balaban J connectivity index is 2.15. The zero-order chi connectivity index (χ0) is 14.1. The highest BCUT2D eigenvalue weighted by Crippen LogP contribution is 2.35.